The normalized spacial score (nSPS) is 20.9. The summed E-state index contributed by atoms with van der Waals surface area (Å²) in [5.41, 5.74) is -0.0200. The van der Waals surface area contributed by atoms with Crippen LogP contribution < -0.4 is 10.6 Å². The summed E-state index contributed by atoms with van der Waals surface area (Å²) in [4.78, 5) is 43.7. The molecule has 192 valence electrons. The van der Waals surface area contributed by atoms with Gasteiger partial charge in [0.05, 0.1) is 12.1 Å². The van der Waals surface area contributed by atoms with Crippen molar-refractivity contribution in [3.63, 3.8) is 0 Å². The lowest BCUT2D eigenvalue weighted by molar-refractivity contribution is -0.385. The standard InChI is InChI=1S/C26H25FN4O6/c1-26(2,12-32)30-23(34)17-11-31-20-19(21(33)18(25(31)36)24(35)29-16-7-8-16)28-10-14(22(20)37-17)9-13-3-5-15(27)6-4-13/h3-6,10-11,16,22,32H,7-9,12H2,1-2H3,(H2-,29,30,33,34,35,36)/p+1. The first-order chi connectivity index (χ1) is 17.6. The van der Waals surface area contributed by atoms with Crippen LogP contribution in [0.25, 0.3) is 0 Å². The summed E-state index contributed by atoms with van der Waals surface area (Å²) < 4.78 is 20.6. The second-order valence-corrected chi connectivity index (χ2v) is 10.0. The molecule has 5 rings (SSSR count). The quantitative estimate of drug-likeness (QED) is 0.318. The monoisotopic (exact) mass is 509 g/mol. The molecule has 0 aromatic heterocycles. The zero-order chi connectivity index (χ0) is 26.5. The van der Waals surface area contributed by atoms with Gasteiger partial charge < -0.3 is 25.6 Å². The van der Waals surface area contributed by atoms with Gasteiger partial charge in [-0.25, -0.2) is 14.2 Å². The van der Waals surface area contributed by atoms with Crippen molar-refractivity contribution in [2.75, 3.05) is 6.61 Å². The molecule has 4 N–H and O–H groups in total. The Morgan fingerprint density at radius 3 is 2.57 bits per heavy atom. The van der Waals surface area contributed by atoms with Gasteiger partial charge in [-0.1, -0.05) is 12.1 Å². The van der Waals surface area contributed by atoms with Crippen LogP contribution in [0.2, 0.25) is 0 Å². The number of nitrogens with zero attached hydrogens (tertiary/aromatic N) is 2. The first-order valence-electron chi connectivity index (χ1n) is 11.9. The number of carbonyl (C=O) groups is 3. The lowest BCUT2D eigenvalue weighted by Gasteiger charge is -2.31. The molecule has 1 aliphatic carbocycles. The molecule has 11 heteroatoms. The number of aliphatic hydroxyl groups is 2. The fourth-order valence-electron chi connectivity index (χ4n) is 4.17. The van der Waals surface area contributed by atoms with Crippen LogP contribution in [0.5, 0.6) is 0 Å². The van der Waals surface area contributed by atoms with Gasteiger partial charge in [-0.3, -0.25) is 9.59 Å². The van der Waals surface area contributed by atoms with E-state index in [-0.39, 0.29) is 36.3 Å². The molecular formula is C26H26FN4O6+. The maximum absolute atomic E-state index is 13.5. The summed E-state index contributed by atoms with van der Waals surface area (Å²) in [5, 5.41) is 25.8. The maximum atomic E-state index is 13.5. The summed E-state index contributed by atoms with van der Waals surface area (Å²) in [6, 6.07) is 5.76. The highest BCUT2D eigenvalue weighted by atomic mass is 19.1. The third-order valence-corrected chi connectivity index (χ3v) is 6.36. The Morgan fingerprint density at radius 1 is 1.22 bits per heavy atom. The van der Waals surface area contributed by atoms with Gasteiger partial charge >= 0.3 is 5.91 Å². The Morgan fingerprint density at radius 2 is 1.92 bits per heavy atom. The summed E-state index contributed by atoms with van der Waals surface area (Å²) >= 11 is 0. The molecule has 1 aromatic carbocycles. The lowest BCUT2D eigenvalue weighted by Crippen LogP contribution is -2.53. The fraction of sp³-hybridized carbons (Fsp3) is 0.346. The van der Waals surface area contributed by atoms with Gasteiger partial charge in [0, 0.05) is 17.8 Å². The number of rotatable bonds is 7. The minimum atomic E-state index is -1.00. The highest BCUT2D eigenvalue weighted by molar-refractivity contribution is 6.52. The van der Waals surface area contributed by atoms with Gasteiger partial charge in [-0.15, -0.1) is 4.58 Å². The Kier molecular flexibility index (Phi) is 6.03. The molecule has 0 spiro atoms. The second-order valence-electron chi connectivity index (χ2n) is 10.0. The fourth-order valence-corrected chi connectivity index (χ4v) is 4.17. The Labute approximate surface area is 211 Å². The van der Waals surface area contributed by atoms with Gasteiger partial charge in [-0.2, -0.15) is 0 Å². The molecule has 3 aliphatic heterocycles. The molecule has 1 fully saturated rings. The van der Waals surface area contributed by atoms with Gasteiger partial charge in [0.2, 0.25) is 12.3 Å². The molecule has 1 saturated carbocycles. The number of aliphatic hydroxyl groups excluding tert-OH is 2. The van der Waals surface area contributed by atoms with Crippen LogP contribution in [0.4, 0.5) is 4.39 Å². The number of amides is 3. The maximum Gasteiger partial charge on any atom is 0.434 e. The van der Waals surface area contributed by atoms with Crippen LogP contribution in [0, 0.1) is 5.82 Å². The first kappa shape index (κ1) is 24.6. The van der Waals surface area contributed by atoms with Gasteiger partial charge in [0.25, 0.3) is 23.3 Å². The number of carbonyl (C=O) groups excluding carboxylic acids is 3. The third-order valence-electron chi connectivity index (χ3n) is 6.36. The van der Waals surface area contributed by atoms with E-state index < -0.39 is 46.5 Å². The number of hydrogen-bond acceptors (Lipinski definition) is 7. The summed E-state index contributed by atoms with van der Waals surface area (Å²) in [7, 11) is 0. The minimum absolute atomic E-state index is 0.0141. The smallest absolute Gasteiger partial charge is 0.434 e. The molecule has 37 heavy (non-hydrogen) atoms. The predicted molar refractivity (Wildman–Crippen MR) is 129 cm³/mol. The molecule has 10 nitrogen and oxygen atoms in total. The number of aliphatic imine (C=N–C) groups is 1. The van der Waals surface area contributed by atoms with Crippen LogP contribution in [0.3, 0.4) is 0 Å². The highest BCUT2D eigenvalue weighted by Crippen LogP contribution is 2.31. The van der Waals surface area contributed by atoms with E-state index in [0.29, 0.717) is 5.57 Å². The summed E-state index contributed by atoms with van der Waals surface area (Å²) in [6.45, 7) is 2.89. The van der Waals surface area contributed by atoms with Crippen LogP contribution in [-0.2, 0) is 25.5 Å². The Hall–Kier alpha value is -4.12. The van der Waals surface area contributed by atoms with Crippen LogP contribution in [0.15, 0.2) is 64.3 Å². The zero-order valence-electron chi connectivity index (χ0n) is 20.2. The number of hydrogen-bond donors (Lipinski definition) is 4. The van der Waals surface area contributed by atoms with Crippen molar-refractivity contribution in [2.45, 2.75) is 50.8 Å². The van der Waals surface area contributed by atoms with Crippen LogP contribution >= 0.6 is 0 Å². The molecule has 0 saturated heterocycles. The Bertz CT molecular complexity index is 1370. The lowest BCUT2D eigenvalue weighted by atomic mass is 9.89. The molecule has 1 aromatic rings. The van der Waals surface area contributed by atoms with E-state index in [1.807, 2.05) is 0 Å². The average Bonchev–Trinajstić information content (AvgIpc) is 3.68. The molecule has 0 radical (unpaired) electrons. The number of ether oxygens (including phenoxy) is 1. The van der Waals surface area contributed by atoms with Crippen molar-refractivity contribution in [1.29, 1.82) is 0 Å². The second kappa shape index (κ2) is 9.07. The van der Waals surface area contributed by atoms with Crippen LogP contribution in [-0.4, -0.2) is 68.2 Å². The van der Waals surface area contributed by atoms with E-state index in [1.54, 1.807) is 26.0 Å². The average molecular weight is 510 g/mol. The van der Waals surface area contributed by atoms with Gasteiger partial charge in [0.1, 0.15) is 5.82 Å². The molecule has 1 atom stereocenters. The van der Waals surface area contributed by atoms with E-state index in [4.69, 9.17) is 4.74 Å². The molecule has 4 aliphatic rings. The number of benzene rings is 1. The van der Waals surface area contributed by atoms with E-state index in [2.05, 4.69) is 15.6 Å². The summed E-state index contributed by atoms with van der Waals surface area (Å²) in [5.74, 6) is -3.42. The SMILES string of the molecule is CC(C)(CO)NC(=O)C1=C[N+]2=C3C(=NC=C(Cc4ccc(F)cc4)C3O1)C(O)=C(C(=O)NC1CC1)C2=O. The summed E-state index contributed by atoms with van der Waals surface area (Å²) in [6.07, 6.45) is 3.43. The van der Waals surface area contributed by atoms with E-state index >= 15 is 0 Å². The van der Waals surface area contributed by atoms with Crippen molar-refractivity contribution >= 4 is 29.1 Å². The molecule has 3 heterocycles. The van der Waals surface area contributed by atoms with Crippen molar-refractivity contribution in [3.8, 4) is 0 Å². The number of allylic oxidation sites excluding steroid dienone is 1. The first-order valence-corrected chi connectivity index (χ1v) is 11.9. The topological polar surface area (TPSA) is 140 Å². The molecule has 1 unspecified atom stereocenters. The number of halogens is 1. The molecule has 3 amide bonds. The van der Waals surface area contributed by atoms with Crippen molar-refractivity contribution in [1.82, 2.24) is 10.6 Å². The largest absolute Gasteiger partial charge is 0.504 e. The van der Waals surface area contributed by atoms with Gasteiger partial charge in [0.15, 0.2) is 17.0 Å². The Balaban J connectivity index is 1.58. The van der Waals surface area contributed by atoms with E-state index in [0.717, 1.165) is 29.2 Å². The van der Waals surface area contributed by atoms with Crippen molar-refractivity contribution in [3.05, 3.63) is 70.7 Å². The minimum Gasteiger partial charge on any atom is -0.504 e. The van der Waals surface area contributed by atoms with E-state index in [9.17, 15) is 29.0 Å². The zero-order valence-corrected chi connectivity index (χ0v) is 20.2. The predicted octanol–water partition coefficient (Wildman–Crippen LogP) is 0.918. The molecular weight excluding hydrogens is 483 g/mol. The number of nitrogens with one attached hydrogen (secondary N) is 2. The van der Waals surface area contributed by atoms with Gasteiger partial charge in [-0.05, 0) is 50.8 Å². The highest BCUT2D eigenvalue weighted by Gasteiger charge is 2.52. The van der Waals surface area contributed by atoms with E-state index in [1.165, 1.54) is 18.3 Å². The van der Waals surface area contributed by atoms with Crippen molar-refractivity contribution in [2.24, 2.45) is 4.99 Å². The third kappa shape index (κ3) is 4.69. The van der Waals surface area contributed by atoms with Crippen LogP contribution in [0.1, 0.15) is 32.3 Å². The molecule has 0 bridgehead atoms. The van der Waals surface area contributed by atoms with Crippen molar-refractivity contribution < 1.29 is 38.3 Å².